The zero-order chi connectivity index (χ0) is 15.2. The van der Waals surface area contributed by atoms with Crippen LogP contribution >= 0.6 is 0 Å². The number of carbonyl (C=O) groups is 2. The van der Waals surface area contributed by atoms with Crippen LogP contribution in [0.25, 0.3) is 0 Å². The van der Waals surface area contributed by atoms with Gasteiger partial charge in [0.25, 0.3) is 0 Å². The Morgan fingerprint density at radius 3 is 2.62 bits per heavy atom. The Balaban J connectivity index is 2.09. The van der Waals surface area contributed by atoms with Gasteiger partial charge in [0.1, 0.15) is 6.54 Å². The first-order chi connectivity index (χ1) is 10.1. The number of carboxylic acids is 1. The van der Waals surface area contributed by atoms with Crippen LogP contribution in [0.1, 0.15) is 11.4 Å². The molecule has 1 heterocycles. The second kappa shape index (κ2) is 6.51. The molecule has 0 saturated heterocycles. The van der Waals surface area contributed by atoms with Crippen LogP contribution in [0.5, 0.6) is 0 Å². The Morgan fingerprint density at radius 2 is 2.05 bits per heavy atom. The van der Waals surface area contributed by atoms with E-state index in [2.05, 4.69) is 20.0 Å². The number of hydrogen-bond donors (Lipinski definition) is 2. The van der Waals surface area contributed by atoms with Gasteiger partial charge in [-0.3, -0.25) is 9.69 Å². The van der Waals surface area contributed by atoms with Crippen LogP contribution in [-0.2, 0) is 11.3 Å². The van der Waals surface area contributed by atoms with Crippen LogP contribution in [0.4, 0.5) is 10.5 Å². The first kappa shape index (κ1) is 14.5. The molecule has 0 spiro atoms. The average molecular weight is 290 g/mol. The van der Waals surface area contributed by atoms with Gasteiger partial charge in [-0.1, -0.05) is 22.9 Å². The van der Waals surface area contributed by atoms with Crippen molar-refractivity contribution in [2.45, 2.75) is 13.5 Å². The Hall–Kier alpha value is -2.90. The first-order valence-corrected chi connectivity index (χ1v) is 6.15. The average Bonchev–Trinajstić information content (AvgIpc) is 2.96. The van der Waals surface area contributed by atoms with E-state index in [0.29, 0.717) is 11.5 Å². The molecule has 0 aliphatic rings. The van der Waals surface area contributed by atoms with Crippen LogP contribution in [-0.4, -0.2) is 33.8 Å². The highest BCUT2D eigenvalue weighted by molar-refractivity contribution is 5.96. The minimum absolute atomic E-state index is 0.0529. The fourth-order valence-electron chi connectivity index (χ4n) is 1.66. The summed E-state index contributed by atoms with van der Waals surface area (Å²) < 4.78 is 4.55. The second-order valence-corrected chi connectivity index (χ2v) is 4.32. The molecule has 1 aromatic heterocycles. The van der Waals surface area contributed by atoms with Gasteiger partial charge in [-0.2, -0.15) is 4.98 Å². The number of benzene rings is 1. The zero-order valence-corrected chi connectivity index (χ0v) is 11.3. The van der Waals surface area contributed by atoms with Crippen molar-refractivity contribution in [1.29, 1.82) is 0 Å². The van der Waals surface area contributed by atoms with Crippen molar-refractivity contribution in [2.75, 3.05) is 11.4 Å². The van der Waals surface area contributed by atoms with E-state index < -0.39 is 18.5 Å². The number of urea groups is 1. The molecule has 0 aliphatic heterocycles. The fraction of sp³-hybridized carbons (Fsp3) is 0.231. The molecular weight excluding hydrogens is 276 g/mol. The normalized spacial score (nSPS) is 10.1. The number of aryl methyl sites for hydroxylation is 1. The summed E-state index contributed by atoms with van der Waals surface area (Å²) >= 11 is 0. The van der Waals surface area contributed by atoms with Crippen molar-refractivity contribution in [3.63, 3.8) is 0 Å². The number of aromatic nitrogens is 2. The lowest BCUT2D eigenvalue weighted by Gasteiger charge is -2.21. The number of rotatable bonds is 5. The summed E-state index contributed by atoms with van der Waals surface area (Å²) in [5.41, 5.74) is 1.51. The predicted molar refractivity (Wildman–Crippen MR) is 72.7 cm³/mol. The molecule has 21 heavy (non-hydrogen) atoms. The molecule has 0 saturated carbocycles. The van der Waals surface area contributed by atoms with Crippen LogP contribution in [0.2, 0.25) is 0 Å². The van der Waals surface area contributed by atoms with Crippen LogP contribution in [0.15, 0.2) is 35.2 Å². The molecule has 0 unspecified atom stereocenters. The minimum Gasteiger partial charge on any atom is -0.480 e. The highest BCUT2D eigenvalue weighted by atomic mass is 16.5. The standard InChI is InChI=1S/C13H14N4O4/c1-9-2-4-10(5-3-9)17(7-12(18)19)13(20)14-6-11-15-8-21-16-11/h2-5,8H,6-7H2,1H3,(H,14,20)(H,18,19). The van der Waals surface area contributed by atoms with Crippen molar-refractivity contribution >= 4 is 17.7 Å². The van der Waals surface area contributed by atoms with Crippen molar-refractivity contribution in [3.05, 3.63) is 42.0 Å². The quantitative estimate of drug-likeness (QED) is 0.855. The third-order valence-electron chi connectivity index (χ3n) is 2.69. The van der Waals surface area contributed by atoms with E-state index in [-0.39, 0.29) is 6.54 Å². The van der Waals surface area contributed by atoms with Gasteiger partial charge < -0.3 is 14.9 Å². The number of hydrogen-bond acceptors (Lipinski definition) is 5. The lowest BCUT2D eigenvalue weighted by Crippen LogP contribution is -2.42. The molecule has 8 nitrogen and oxygen atoms in total. The highest BCUT2D eigenvalue weighted by Crippen LogP contribution is 2.15. The largest absolute Gasteiger partial charge is 0.480 e. The third-order valence-corrected chi connectivity index (χ3v) is 2.69. The van der Waals surface area contributed by atoms with Gasteiger partial charge in [0.15, 0.2) is 5.82 Å². The van der Waals surface area contributed by atoms with E-state index in [4.69, 9.17) is 5.11 Å². The molecule has 0 radical (unpaired) electrons. The Kier molecular flexibility index (Phi) is 4.50. The molecule has 1 aromatic carbocycles. The summed E-state index contributed by atoms with van der Waals surface area (Å²) in [5.74, 6) is -0.798. The van der Waals surface area contributed by atoms with Crippen LogP contribution in [0, 0.1) is 6.92 Å². The van der Waals surface area contributed by atoms with Gasteiger partial charge in [-0.25, -0.2) is 4.79 Å². The van der Waals surface area contributed by atoms with Crippen LogP contribution in [0.3, 0.4) is 0 Å². The lowest BCUT2D eigenvalue weighted by atomic mass is 10.2. The molecule has 0 bridgehead atoms. The number of aliphatic carboxylic acids is 1. The molecule has 2 aromatic rings. The molecule has 2 N–H and O–H groups in total. The van der Waals surface area contributed by atoms with Crippen molar-refractivity contribution in [1.82, 2.24) is 15.5 Å². The second-order valence-electron chi connectivity index (χ2n) is 4.32. The van der Waals surface area contributed by atoms with E-state index in [1.807, 2.05) is 6.92 Å². The van der Waals surface area contributed by atoms with Gasteiger partial charge in [-0.15, -0.1) is 0 Å². The molecule has 0 aliphatic carbocycles. The number of nitrogens with zero attached hydrogens (tertiary/aromatic N) is 3. The molecule has 8 heteroatoms. The summed E-state index contributed by atoms with van der Waals surface area (Å²) in [6.07, 6.45) is 1.15. The summed E-state index contributed by atoms with van der Waals surface area (Å²) in [4.78, 5) is 27.9. The SMILES string of the molecule is Cc1ccc(N(CC(=O)O)C(=O)NCc2ncon2)cc1. The summed E-state index contributed by atoms with van der Waals surface area (Å²) in [6, 6.07) is 6.43. The van der Waals surface area contributed by atoms with Crippen molar-refractivity contribution in [3.8, 4) is 0 Å². The van der Waals surface area contributed by atoms with Crippen LogP contribution < -0.4 is 10.2 Å². The molecule has 110 valence electrons. The minimum atomic E-state index is -1.11. The summed E-state index contributed by atoms with van der Waals surface area (Å²) in [5, 5.41) is 15.0. The fourth-order valence-corrected chi connectivity index (χ4v) is 1.66. The molecular formula is C13H14N4O4. The lowest BCUT2D eigenvalue weighted by molar-refractivity contribution is -0.135. The maximum absolute atomic E-state index is 12.1. The van der Waals surface area contributed by atoms with E-state index in [0.717, 1.165) is 16.9 Å². The molecule has 2 rings (SSSR count). The molecule has 0 fully saturated rings. The number of carbonyl (C=O) groups excluding carboxylic acids is 1. The predicted octanol–water partition coefficient (Wildman–Crippen LogP) is 1.18. The summed E-state index contributed by atoms with van der Waals surface area (Å²) in [6.45, 7) is 1.51. The van der Waals surface area contributed by atoms with Gasteiger partial charge in [0.2, 0.25) is 6.39 Å². The Bertz CT molecular complexity index is 610. The maximum Gasteiger partial charge on any atom is 0.323 e. The van der Waals surface area contributed by atoms with Gasteiger partial charge >= 0.3 is 12.0 Å². The Labute approximate surface area is 120 Å². The highest BCUT2D eigenvalue weighted by Gasteiger charge is 2.18. The van der Waals surface area contributed by atoms with Crippen molar-refractivity contribution < 1.29 is 19.2 Å². The van der Waals surface area contributed by atoms with Gasteiger partial charge in [0, 0.05) is 5.69 Å². The topological polar surface area (TPSA) is 109 Å². The Morgan fingerprint density at radius 1 is 1.33 bits per heavy atom. The molecule has 2 amide bonds. The number of nitrogens with one attached hydrogen (secondary N) is 1. The maximum atomic E-state index is 12.1. The number of anilines is 1. The zero-order valence-electron chi connectivity index (χ0n) is 11.3. The molecule has 0 atom stereocenters. The van der Waals surface area contributed by atoms with E-state index >= 15 is 0 Å². The van der Waals surface area contributed by atoms with E-state index in [1.54, 1.807) is 24.3 Å². The van der Waals surface area contributed by atoms with E-state index in [9.17, 15) is 9.59 Å². The number of carboxylic acid groups (broad SMARTS) is 1. The third kappa shape index (κ3) is 4.03. The van der Waals surface area contributed by atoms with Gasteiger partial charge in [0.05, 0.1) is 6.54 Å². The smallest absolute Gasteiger partial charge is 0.323 e. The van der Waals surface area contributed by atoms with Gasteiger partial charge in [-0.05, 0) is 19.1 Å². The monoisotopic (exact) mass is 290 g/mol. The summed E-state index contributed by atoms with van der Waals surface area (Å²) in [7, 11) is 0. The number of amides is 2. The first-order valence-electron chi connectivity index (χ1n) is 6.15. The van der Waals surface area contributed by atoms with Crippen molar-refractivity contribution in [2.24, 2.45) is 0 Å². The van der Waals surface area contributed by atoms with E-state index in [1.165, 1.54) is 0 Å².